The molecule has 0 radical (unpaired) electrons. The normalized spacial score (nSPS) is 14.2. The molecule has 0 rings (SSSR count). The Bertz CT molecular complexity index is 1140. The molecule has 2 unspecified atom stereocenters. The summed E-state index contributed by atoms with van der Waals surface area (Å²) in [6, 6.07) is 0. The molecule has 9 heteroatoms. The van der Waals surface area contributed by atoms with Crippen LogP contribution in [-0.2, 0) is 27.9 Å². The van der Waals surface area contributed by atoms with Crippen molar-refractivity contribution in [3.63, 3.8) is 0 Å². The highest BCUT2D eigenvalue weighted by atomic mass is 31.2. The van der Waals surface area contributed by atoms with Crippen molar-refractivity contribution in [2.45, 2.75) is 206 Å². The van der Waals surface area contributed by atoms with Crippen LogP contribution >= 0.6 is 7.82 Å². The highest BCUT2D eigenvalue weighted by Crippen LogP contribution is 2.43. The van der Waals surface area contributed by atoms with E-state index in [1.807, 2.05) is 21.1 Å². The molecule has 0 aliphatic carbocycles. The topological polar surface area (TPSA) is 91.3 Å². The molecule has 0 aliphatic rings. The zero-order valence-electron chi connectivity index (χ0n) is 39.7. The quantitative estimate of drug-likeness (QED) is 0.0214. The molecule has 350 valence electrons. The van der Waals surface area contributed by atoms with Crippen LogP contribution in [0.5, 0.6) is 0 Å². The van der Waals surface area contributed by atoms with Crippen LogP contribution in [0.1, 0.15) is 200 Å². The average Bonchev–Trinajstić information content (AvgIpc) is 3.20. The summed E-state index contributed by atoms with van der Waals surface area (Å²) in [7, 11) is 1.64. The minimum Gasteiger partial charge on any atom is -0.457 e. The number of nitrogens with zero attached hydrogens (tertiary/aromatic N) is 1. The first kappa shape index (κ1) is 58.2. The van der Waals surface area contributed by atoms with E-state index in [0.717, 1.165) is 77.0 Å². The van der Waals surface area contributed by atoms with Crippen molar-refractivity contribution in [2.24, 2.45) is 0 Å². The predicted octanol–water partition coefficient (Wildman–Crippen LogP) is 14.9. The van der Waals surface area contributed by atoms with Gasteiger partial charge in [0.25, 0.3) is 0 Å². The van der Waals surface area contributed by atoms with Gasteiger partial charge >= 0.3 is 13.8 Å². The van der Waals surface area contributed by atoms with E-state index in [-0.39, 0.29) is 25.8 Å². The van der Waals surface area contributed by atoms with Crippen molar-refractivity contribution in [3.8, 4) is 0 Å². The predicted molar refractivity (Wildman–Crippen MR) is 256 cm³/mol. The number of likely N-dealkylation sites (N-methyl/N-ethyl adjacent to an activating group) is 1. The summed E-state index contributed by atoms with van der Waals surface area (Å²) >= 11 is 0. The Morgan fingerprint density at radius 3 is 1.38 bits per heavy atom. The number of allylic oxidation sites excluding steroid dienone is 10. The van der Waals surface area contributed by atoms with Crippen molar-refractivity contribution in [1.29, 1.82) is 0 Å². The summed E-state index contributed by atoms with van der Waals surface area (Å²) in [4.78, 5) is 22.9. The number of hydrogen-bond donors (Lipinski definition) is 1. The Labute approximate surface area is 370 Å². The molecule has 60 heavy (non-hydrogen) atoms. The number of phosphoric acid groups is 1. The smallest absolute Gasteiger partial charge is 0.457 e. The van der Waals surface area contributed by atoms with Gasteiger partial charge in [0.15, 0.2) is 0 Å². The molecule has 0 saturated heterocycles. The maximum Gasteiger partial charge on any atom is 0.472 e. The van der Waals surface area contributed by atoms with Gasteiger partial charge in [0.2, 0.25) is 0 Å². The second-order valence-corrected chi connectivity index (χ2v) is 18.9. The molecule has 0 saturated carbocycles. The summed E-state index contributed by atoms with van der Waals surface area (Å²) in [6.45, 7) is 5.55. The first-order chi connectivity index (χ1) is 29.1. The minimum atomic E-state index is -4.29. The van der Waals surface area contributed by atoms with Crippen LogP contribution in [0.25, 0.3) is 0 Å². The first-order valence-corrected chi connectivity index (χ1v) is 26.0. The molecule has 0 fully saturated rings. The van der Waals surface area contributed by atoms with E-state index in [4.69, 9.17) is 18.5 Å². The van der Waals surface area contributed by atoms with Gasteiger partial charge in [0.1, 0.15) is 19.3 Å². The first-order valence-electron chi connectivity index (χ1n) is 24.5. The Kier molecular flexibility index (Phi) is 42.5. The van der Waals surface area contributed by atoms with Gasteiger partial charge in [-0.3, -0.25) is 13.8 Å². The van der Waals surface area contributed by atoms with E-state index < -0.39 is 13.9 Å². The largest absolute Gasteiger partial charge is 0.472 e. The number of phosphoric ester groups is 1. The van der Waals surface area contributed by atoms with Crippen molar-refractivity contribution in [1.82, 2.24) is 0 Å². The molecule has 0 bridgehead atoms. The highest BCUT2D eigenvalue weighted by molar-refractivity contribution is 7.47. The van der Waals surface area contributed by atoms with Crippen molar-refractivity contribution in [3.05, 3.63) is 60.8 Å². The number of esters is 1. The van der Waals surface area contributed by atoms with E-state index in [2.05, 4.69) is 74.6 Å². The van der Waals surface area contributed by atoms with Gasteiger partial charge in [-0.25, -0.2) is 4.57 Å². The van der Waals surface area contributed by atoms with Gasteiger partial charge < -0.3 is 18.9 Å². The van der Waals surface area contributed by atoms with Crippen LogP contribution in [-0.4, -0.2) is 75.6 Å². The lowest BCUT2D eigenvalue weighted by Gasteiger charge is -2.24. The number of unbranched alkanes of at least 4 members (excludes halogenated alkanes) is 21. The lowest BCUT2D eigenvalue weighted by Crippen LogP contribution is -2.37. The van der Waals surface area contributed by atoms with E-state index >= 15 is 0 Å². The average molecular weight is 865 g/mol. The molecular weight excluding hydrogens is 770 g/mol. The van der Waals surface area contributed by atoms with Crippen LogP contribution in [0.3, 0.4) is 0 Å². The van der Waals surface area contributed by atoms with Gasteiger partial charge in [-0.05, 0) is 83.5 Å². The van der Waals surface area contributed by atoms with Gasteiger partial charge in [-0.15, -0.1) is 0 Å². The van der Waals surface area contributed by atoms with Crippen molar-refractivity contribution < 1.29 is 37.3 Å². The fourth-order valence-corrected chi connectivity index (χ4v) is 7.21. The molecular formula is C51H95NO7P+. The molecule has 0 aromatic rings. The molecule has 2 atom stereocenters. The summed E-state index contributed by atoms with van der Waals surface area (Å²) in [5, 5.41) is 0. The number of quaternary nitrogens is 1. The lowest BCUT2D eigenvalue weighted by molar-refractivity contribution is -0.870. The number of carbonyl (C=O) groups is 1. The zero-order valence-corrected chi connectivity index (χ0v) is 40.6. The van der Waals surface area contributed by atoms with Crippen LogP contribution in [0, 0.1) is 0 Å². The fourth-order valence-electron chi connectivity index (χ4n) is 6.47. The van der Waals surface area contributed by atoms with E-state index in [1.54, 1.807) is 0 Å². The summed E-state index contributed by atoms with van der Waals surface area (Å²) < 4.78 is 35.1. The molecule has 0 aliphatic heterocycles. The fraction of sp³-hybridized carbons (Fsp3) is 0.784. The summed E-state index contributed by atoms with van der Waals surface area (Å²) in [5.74, 6) is -0.332. The third-order valence-electron chi connectivity index (χ3n) is 10.3. The van der Waals surface area contributed by atoms with E-state index in [9.17, 15) is 14.3 Å². The van der Waals surface area contributed by atoms with Crippen LogP contribution < -0.4 is 0 Å². The van der Waals surface area contributed by atoms with Crippen molar-refractivity contribution >= 4 is 13.8 Å². The Morgan fingerprint density at radius 2 is 0.917 bits per heavy atom. The second kappa shape index (κ2) is 43.8. The van der Waals surface area contributed by atoms with Crippen LogP contribution in [0.15, 0.2) is 60.8 Å². The van der Waals surface area contributed by atoms with Gasteiger partial charge in [-0.1, -0.05) is 171 Å². The number of rotatable bonds is 45. The minimum absolute atomic E-state index is 0.0812. The molecule has 0 heterocycles. The molecule has 0 amide bonds. The van der Waals surface area contributed by atoms with Gasteiger partial charge in [0.05, 0.1) is 34.4 Å². The Balaban J connectivity index is 4.22. The third-order valence-corrected chi connectivity index (χ3v) is 11.3. The number of ether oxygens (including phenoxy) is 2. The van der Waals surface area contributed by atoms with Gasteiger partial charge in [0, 0.05) is 13.0 Å². The molecule has 0 spiro atoms. The molecule has 0 aromatic carbocycles. The monoisotopic (exact) mass is 865 g/mol. The molecule has 0 aromatic heterocycles. The van der Waals surface area contributed by atoms with Crippen molar-refractivity contribution in [2.75, 3.05) is 54.1 Å². The van der Waals surface area contributed by atoms with Gasteiger partial charge in [-0.2, -0.15) is 0 Å². The SMILES string of the molecule is CCCCCC/C=C\C/C=C\CCCCCCCC(=O)OC(COCCCCCCCCC/C=C\C/C=C\C/C=C\CCCCCCC)COP(=O)(O)OCC[N+](C)(C)C. The number of hydrogen-bond acceptors (Lipinski definition) is 6. The zero-order chi connectivity index (χ0) is 44.1. The summed E-state index contributed by atoms with van der Waals surface area (Å²) in [6.07, 6.45) is 55.4. The second-order valence-electron chi connectivity index (χ2n) is 17.5. The number of carbonyl (C=O) groups excluding carboxylic acids is 1. The maximum atomic E-state index is 12.7. The highest BCUT2D eigenvalue weighted by Gasteiger charge is 2.26. The Hall–Kier alpha value is -1.80. The lowest BCUT2D eigenvalue weighted by atomic mass is 10.1. The van der Waals surface area contributed by atoms with Crippen LogP contribution in [0.4, 0.5) is 0 Å². The summed E-state index contributed by atoms with van der Waals surface area (Å²) in [5.41, 5.74) is 0. The molecule has 8 nitrogen and oxygen atoms in total. The van der Waals surface area contributed by atoms with Crippen LogP contribution in [0.2, 0.25) is 0 Å². The maximum absolute atomic E-state index is 12.7. The van der Waals surface area contributed by atoms with E-state index in [1.165, 1.54) is 103 Å². The molecule has 1 N–H and O–H groups in total. The standard InChI is InChI=1S/C51H94NO7P/c1-6-8-10-12-14-16-18-20-22-24-25-26-27-28-29-31-33-35-37-39-41-43-46-56-48-50(49-58-60(54,55)57-47-45-52(3,4)5)59-51(53)44-42-40-38-36-34-32-30-23-21-19-17-15-13-11-9-7-2/h17-20,23-25,27-28,30,50H,6-16,21-22,26,29,31-49H2,1-5H3/p+1/b19-17-,20-18-,25-24-,28-27-,30-23-. The third kappa shape index (κ3) is 47.3. The Morgan fingerprint density at radius 1 is 0.517 bits per heavy atom. The van der Waals surface area contributed by atoms with E-state index in [0.29, 0.717) is 24.1 Å².